The van der Waals surface area contributed by atoms with Crippen LogP contribution in [0.2, 0.25) is 0 Å². The van der Waals surface area contributed by atoms with E-state index in [1.54, 1.807) is 4.90 Å². The first-order valence-corrected chi connectivity index (χ1v) is 6.53. The van der Waals surface area contributed by atoms with E-state index in [0.717, 1.165) is 19.4 Å². The van der Waals surface area contributed by atoms with E-state index >= 15 is 0 Å². The molecule has 0 aromatic rings. The number of urea groups is 1. The molecule has 0 bridgehead atoms. The van der Waals surface area contributed by atoms with Gasteiger partial charge in [-0.2, -0.15) is 0 Å². The van der Waals surface area contributed by atoms with Gasteiger partial charge in [-0.1, -0.05) is 26.2 Å². The van der Waals surface area contributed by atoms with Gasteiger partial charge in [-0.05, 0) is 6.42 Å². The average Bonchev–Trinajstić information content (AvgIpc) is 2.71. The Bertz CT molecular complexity index is 256. The summed E-state index contributed by atoms with van der Waals surface area (Å²) in [6, 6.07) is -0.0257. The van der Waals surface area contributed by atoms with E-state index in [-0.39, 0.29) is 11.9 Å². The predicted molar refractivity (Wildman–Crippen MR) is 66.7 cm³/mol. The van der Waals surface area contributed by atoms with Gasteiger partial charge >= 0.3 is 6.03 Å². The minimum Gasteiger partial charge on any atom is -0.354 e. The lowest BCUT2D eigenvalue weighted by molar-refractivity contribution is -0.121. The second-order valence-corrected chi connectivity index (χ2v) is 4.38. The van der Waals surface area contributed by atoms with Crippen molar-refractivity contribution in [2.75, 3.05) is 26.2 Å². The molecule has 17 heavy (non-hydrogen) atoms. The summed E-state index contributed by atoms with van der Waals surface area (Å²) < 4.78 is 0. The third-order valence-electron chi connectivity index (χ3n) is 2.91. The van der Waals surface area contributed by atoms with E-state index in [2.05, 4.69) is 17.6 Å². The highest BCUT2D eigenvalue weighted by atomic mass is 16.2. The molecule has 3 amide bonds. The van der Waals surface area contributed by atoms with Gasteiger partial charge in [0.25, 0.3) is 0 Å². The zero-order valence-corrected chi connectivity index (χ0v) is 10.6. The molecule has 1 aliphatic rings. The van der Waals surface area contributed by atoms with E-state index in [1.165, 1.54) is 12.8 Å². The van der Waals surface area contributed by atoms with E-state index < -0.39 is 0 Å². The van der Waals surface area contributed by atoms with Crippen LogP contribution in [0.25, 0.3) is 0 Å². The van der Waals surface area contributed by atoms with Crippen LogP contribution < -0.4 is 10.6 Å². The summed E-state index contributed by atoms with van der Waals surface area (Å²) in [4.78, 5) is 24.3. The average molecular weight is 241 g/mol. The lowest BCUT2D eigenvalue weighted by Crippen LogP contribution is -2.36. The van der Waals surface area contributed by atoms with Crippen LogP contribution in [0.5, 0.6) is 0 Å². The number of unbranched alkanes of at least 4 members (excludes halogenated alkanes) is 3. The van der Waals surface area contributed by atoms with Gasteiger partial charge in [0.15, 0.2) is 0 Å². The first-order chi connectivity index (χ1) is 8.24. The van der Waals surface area contributed by atoms with E-state index in [1.807, 2.05) is 0 Å². The molecular weight excluding hydrogens is 218 g/mol. The molecule has 0 unspecified atom stereocenters. The number of nitrogens with one attached hydrogen (secondary N) is 2. The van der Waals surface area contributed by atoms with Crippen molar-refractivity contribution in [3.8, 4) is 0 Å². The second-order valence-electron chi connectivity index (χ2n) is 4.38. The van der Waals surface area contributed by atoms with Gasteiger partial charge in [-0.25, -0.2) is 4.79 Å². The fourth-order valence-electron chi connectivity index (χ4n) is 1.86. The molecule has 98 valence electrons. The summed E-state index contributed by atoms with van der Waals surface area (Å²) in [5, 5.41) is 5.58. The number of hydrogen-bond acceptors (Lipinski definition) is 2. The van der Waals surface area contributed by atoms with Crippen molar-refractivity contribution in [1.29, 1.82) is 0 Å². The summed E-state index contributed by atoms with van der Waals surface area (Å²) in [5.74, 6) is 0.0979. The van der Waals surface area contributed by atoms with Gasteiger partial charge < -0.3 is 15.5 Å². The number of carbonyl (C=O) groups excluding carboxylic acids is 2. The van der Waals surface area contributed by atoms with Gasteiger partial charge in [0, 0.05) is 32.6 Å². The third kappa shape index (κ3) is 5.56. The Hall–Kier alpha value is -1.26. The summed E-state index contributed by atoms with van der Waals surface area (Å²) in [7, 11) is 0. The van der Waals surface area contributed by atoms with Gasteiger partial charge in [0.2, 0.25) is 5.91 Å². The van der Waals surface area contributed by atoms with Crippen LogP contribution in [0.1, 0.15) is 39.0 Å². The number of carbonyl (C=O) groups is 2. The van der Waals surface area contributed by atoms with Crippen LogP contribution in [-0.2, 0) is 4.79 Å². The molecule has 1 fully saturated rings. The highest BCUT2D eigenvalue weighted by molar-refractivity contribution is 5.77. The van der Waals surface area contributed by atoms with Crippen LogP contribution >= 0.6 is 0 Å². The minimum absolute atomic E-state index is 0.0257. The quantitative estimate of drug-likeness (QED) is 0.625. The lowest BCUT2D eigenvalue weighted by Gasteiger charge is -2.14. The standard InChI is InChI=1S/C12H23N3O2/c1-2-3-4-5-6-11(16)13-7-9-15-10-8-14-12(15)17/h2-10H2,1H3,(H,13,16)(H,14,17). The molecule has 5 nitrogen and oxygen atoms in total. The Morgan fingerprint density at radius 2 is 2.24 bits per heavy atom. The van der Waals surface area contributed by atoms with Crippen LogP contribution in [0.15, 0.2) is 0 Å². The molecule has 0 spiro atoms. The van der Waals surface area contributed by atoms with Crippen LogP contribution in [-0.4, -0.2) is 43.0 Å². The Morgan fingerprint density at radius 1 is 1.41 bits per heavy atom. The summed E-state index contributed by atoms with van der Waals surface area (Å²) in [6.07, 6.45) is 5.07. The maximum Gasteiger partial charge on any atom is 0.317 e. The molecule has 0 atom stereocenters. The molecule has 0 aromatic heterocycles. The molecular formula is C12H23N3O2. The fraction of sp³-hybridized carbons (Fsp3) is 0.833. The molecule has 1 aliphatic heterocycles. The smallest absolute Gasteiger partial charge is 0.317 e. The highest BCUT2D eigenvalue weighted by Gasteiger charge is 2.18. The van der Waals surface area contributed by atoms with Gasteiger partial charge in [0.1, 0.15) is 0 Å². The molecule has 0 aromatic carbocycles. The molecule has 2 N–H and O–H groups in total. The Balaban J connectivity index is 1.98. The van der Waals surface area contributed by atoms with Crippen molar-refractivity contribution in [2.45, 2.75) is 39.0 Å². The first-order valence-electron chi connectivity index (χ1n) is 6.53. The first kappa shape index (κ1) is 13.8. The Labute approximate surface area is 103 Å². The summed E-state index contributed by atoms with van der Waals surface area (Å²) >= 11 is 0. The molecule has 0 saturated carbocycles. The number of amides is 3. The zero-order chi connectivity index (χ0) is 12.5. The maximum absolute atomic E-state index is 11.4. The molecule has 0 radical (unpaired) electrons. The van der Waals surface area contributed by atoms with Gasteiger partial charge in [-0.3, -0.25) is 4.79 Å². The monoisotopic (exact) mass is 241 g/mol. The van der Waals surface area contributed by atoms with Crippen molar-refractivity contribution < 1.29 is 9.59 Å². The van der Waals surface area contributed by atoms with Gasteiger partial charge in [0.05, 0.1) is 0 Å². The van der Waals surface area contributed by atoms with E-state index in [9.17, 15) is 9.59 Å². The predicted octanol–water partition coefficient (Wildman–Crippen LogP) is 1.10. The van der Waals surface area contributed by atoms with Crippen LogP contribution in [0.3, 0.4) is 0 Å². The molecule has 1 rings (SSSR count). The van der Waals surface area contributed by atoms with Crippen LogP contribution in [0.4, 0.5) is 4.79 Å². The summed E-state index contributed by atoms with van der Waals surface area (Å²) in [5.41, 5.74) is 0. The van der Waals surface area contributed by atoms with Crippen molar-refractivity contribution >= 4 is 11.9 Å². The van der Waals surface area contributed by atoms with Crippen molar-refractivity contribution in [3.05, 3.63) is 0 Å². The molecule has 5 heteroatoms. The number of rotatable bonds is 8. The lowest BCUT2D eigenvalue weighted by atomic mass is 10.1. The summed E-state index contributed by atoms with van der Waals surface area (Å²) in [6.45, 7) is 4.77. The zero-order valence-electron chi connectivity index (χ0n) is 10.6. The highest BCUT2D eigenvalue weighted by Crippen LogP contribution is 2.02. The maximum atomic E-state index is 11.4. The fourth-order valence-corrected chi connectivity index (χ4v) is 1.86. The normalized spacial score (nSPS) is 14.9. The largest absolute Gasteiger partial charge is 0.354 e. The number of nitrogens with zero attached hydrogens (tertiary/aromatic N) is 1. The number of hydrogen-bond donors (Lipinski definition) is 2. The SMILES string of the molecule is CCCCCCC(=O)NCCN1CCNC1=O. The minimum atomic E-state index is -0.0257. The van der Waals surface area contributed by atoms with E-state index in [4.69, 9.17) is 0 Å². The Kier molecular flexibility index (Phi) is 6.43. The third-order valence-corrected chi connectivity index (χ3v) is 2.91. The topological polar surface area (TPSA) is 61.4 Å². The van der Waals surface area contributed by atoms with Crippen molar-refractivity contribution in [2.24, 2.45) is 0 Å². The molecule has 1 saturated heterocycles. The second kappa shape index (κ2) is 7.92. The molecule has 1 heterocycles. The van der Waals surface area contributed by atoms with Crippen molar-refractivity contribution in [1.82, 2.24) is 15.5 Å². The van der Waals surface area contributed by atoms with Crippen molar-refractivity contribution in [3.63, 3.8) is 0 Å². The Morgan fingerprint density at radius 3 is 2.88 bits per heavy atom. The van der Waals surface area contributed by atoms with Crippen LogP contribution in [0, 0.1) is 0 Å². The van der Waals surface area contributed by atoms with Gasteiger partial charge in [-0.15, -0.1) is 0 Å². The van der Waals surface area contributed by atoms with E-state index in [0.29, 0.717) is 26.1 Å². The molecule has 0 aliphatic carbocycles.